The van der Waals surface area contributed by atoms with Crippen molar-refractivity contribution in [3.63, 3.8) is 0 Å². The number of nitrogens with two attached hydrogens (primary N) is 3. The largest absolute Gasteiger partial charge is 0.479 e. The molecule has 2 aliphatic heterocycles. The second-order valence-corrected chi connectivity index (χ2v) is 8.16. The number of nitrogens with zero attached hydrogens (tertiary/aromatic N) is 2. The molecule has 0 saturated carbocycles. The highest BCUT2D eigenvalue weighted by Crippen LogP contribution is 2.31. The molecular formula is C19H32N8O9. The van der Waals surface area contributed by atoms with E-state index < -0.39 is 79.9 Å². The first kappa shape index (κ1) is 28.9. The van der Waals surface area contributed by atoms with Crippen molar-refractivity contribution in [3.8, 4) is 0 Å². The first-order valence-electron chi connectivity index (χ1n) is 10.7. The number of ether oxygens (including phenoxy) is 1. The minimum atomic E-state index is -2.84. The number of rotatable bonds is 11. The van der Waals surface area contributed by atoms with Gasteiger partial charge in [-0.05, 0) is 6.08 Å². The van der Waals surface area contributed by atoms with Crippen molar-refractivity contribution in [1.29, 1.82) is 5.41 Å². The van der Waals surface area contributed by atoms with E-state index in [1.165, 1.54) is 18.4 Å². The molecule has 0 fully saturated rings. The number of carboxylic acids is 1. The molecule has 0 radical (unpaired) electrons. The van der Waals surface area contributed by atoms with E-state index in [4.69, 9.17) is 32.5 Å². The standard InChI is InChI=1S/C19H32N8O9/c20-10(7-29)15(31)25-11-1-2-12(27-5-8(6-28)14(21)26-18(27)34)36-13(11)19(35,16(32)33)3-9(30)4-24-17(22)23/h1-2,5,9-13,18,28-30,34-35H,3-4,6-7,20H2,(H2,21,26)(H,25,31)(H,32,33)(H4,22,23,24)/t9?,10-,11-,12+,13+,18?,19?/m0/s1. The van der Waals surface area contributed by atoms with Crippen molar-refractivity contribution in [3.05, 3.63) is 23.9 Å². The average Bonchev–Trinajstić information content (AvgIpc) is 2.82. The maximum Gasteiger partial charge on any atom is 0.338 e. The van der Waals surface area contributed by atoms with Crippen LogP contribution >= 0.6 is 0 Å². The molecule has 7 atom stereocenters. The number of nitrogens with one attached hydrogen (secondary N) is 3. The highest BCUT2D eigenvalue weighted by molar-refractivity contribution is 5.97. The minimum absolute atomic E-state index is 0.123. The molecule has 0 saturated heterocycles. The molecule has 3 unspecified atom stereocenters. The van der Waals surface area contributed by atoms with E-state index >= 15 is 0 Å². The van der Waals surface area contributed by atoms with Crippen LogP contribution in [-0.4, -0.2) is 121 Å². The lowest BCUT2D eigenvalue weighted by Crippen LogP contribution is -2.65. The molecule has 1 amide bonds. The maximum absolute atomic E-state index is 12.3. The fourth-order valence-corrected chi connectivity index (χ4v) is 3.55. The quantitative estimate of drug-likeness (QED) is 0.0691. The Hall–Kier alpha value is -3.32. The molecule has 202 valence electrons. The van der Waals surface area contributed by atoms with E-state index in [9.17, 15) is 35.1 Å². The number of aliphatic hydroxyl groups excluding tert-OH is 4. The number of amides is 1. The first-order valence-corrected chi connectivity index (χ1v) is 10.7. The van der Waals surface area contributed by atoms with Gasteiger partial charge in [0.2, 0.25) is 12.3 Å². The fourth-order valence-electron chi connectivity index (χ4n) is 3.55. The van der Waals surface area contributed by atoms with Crippen LogP contribution in [0, 0.1) is 5.41 Å². The number of hydrogen-bond donors (Lipinski definition) is 12. The number of hydrogen-bond acceptors (Lipinski definition) is 13. The van der Waals surface area contributed by atoms with Gasteiger partial charge in [0, 0.05) is 24.7 Å². The SMILES string of the molecule is N=C(N)NCC(O)CC(O)(C(=O)O)[C@@H]1O[C@@H](N2C=C(CO)C(N)=NC2O)C=C[C@@H]1NC(=O)[C@@H](N)CO. The molecule has 15 N–H and O–H groups in total. The summed E-state index contributed by atoms with van der Waals surface area (Å²) < 4.78 is 5.80. The number of aliphatic hydroxyl groups is 5. The van der Waals surface area contributed by atoms with Gasteiger partial charge >= 0.3 is 5.97 Å². The summed E-state index contributed by atoms with van der Waals surface area (Å²) in [6.45, 7) is -1.64. The lowest BCUT2D eigenvalue weighted by molar-refractivity contribution is -0.207. The average molecular weight is 517 g/mol. The Morgan fingerprint density at radius 1 is 1.33 bits per heavy atom. The van der Waals surface area contributed by atoms with Crippen molar-refractivity contribution in [2.24, 2.45) is 22.2 Å². The summed E-state index contributed by atoms with van der Waals surface area (Å²) in [6, 6.07) is -2.69. The van der Waals surface area contributed by atoms with Crippen LogP contribution in [0.2, 0.25) is 0 Å². The van der Waals surface area contributed by atoms with Gasteiger partial charge in [0.25, 0.3) is 0 Å². The Kier molecular flexibility index (Phi) is 9.70. The maximum atomic E-state index is 12.3. The zero-order chi connectivity index (χ0) is 27.2. The molecule has 0 bridgehead atoms. The third-order valence-electron chi connectivity index (χ3n) is 5.47. The van der Waals surface area contributed by atoms with Crippen LogP contribution in [0.5, 0.6) is 0 Å². The van der Waals surface area contributed by atoms with Gasteiger partial charge in [0.1, 0.15) is 18.0 Å². The number of amidine groups is 1. The molecule has 0 aromatic carbocycles. The predicted octanol–water partition coefficient (Wildman–Crippen LogP) is -6.05. The fraction of sp³-hybridized carbons (Fsp3) is 0.579. The summed E-state index contributed by atoms with van der Waals surface area (Å²) in [4.78, 5) is 29.4. The topological polar surface area (TPSA) is 306 Å². The van der Waals surface area contributed by atoms with Crippen molar-refractivity contribution in [2.75, 3.05) is 19.8 Å². The Balaban J connectivity index is 2.43. The van der Waals surface area contributed by atoms with Crippen molar-refractivity contribution >= 4 is 23.7 Å². The van der Waals surface area contributed by atoms with Crippen LogP contribution in [0.4, 0.5) is 0 Å². The Morgan fingerprint density at radius 2 is 2.00 bits per heavy atom. The highest BCUT2D eigenvalue weighted by atomic mass is 16.5. The Labute approximate surface area is 205 Å². The molecule has 0 spiro atoms. The molecule has 0 aromatic rings. The highest BCUT2D eigenvalue weighted by Gasteiger charge is 2.52. The summed E-state index contributed by atoms with van der Waals surface area (Å²) >= 11 is 0. The van der Waals surface area contributed by atoms with Crippen molar-refractivity contribution in [2.45, 2.75) is 48.9 Å². The predicted molar refractivity (Wildman–Crippen MR) is 123 cm³/mol. The number of carbonyl (C=O) groups excluding carboxylic acids is 1. The van der Waals surface area contributed by atoms with E-state index in [1.54, 1.807) is 0 Å². The number of carboxylic acid groups (broad SMARTS) is 1. The summed E-state index contributed by atoms with van der Waals surface area (Å²) in [5.74, 6) is -3.34. The van der Waals surface area contributed by atoms with E-state index in [0.717, 1.165) is 4.90 Å². The normalized spacial score (nSPS) is 27.2. The molecule has 2 heterocycles. The van der Waals surface area contributed by atoms with E-state index in [2.05, 4.69) is 15.6 Å². The zero-order valence-corrected chi connectivity index (χ0v) is 19.1. The lowest BCUT2D eigenvalue weighted by atomic mass is 9.84. The molecule has 2 rings (SSSR count). The molecule has 17 heteroatoms. The second kappa shape index (κ2) is 12.1. The number of aliphatic carboxylic acids is 1. The molecule has 17 nitrogen and oxygen atoms in total. The van der Waals surface area contributed by atoms with E-state index in [0.29, 0.717) is 0 Å². The summed E-state index contributed by atoms with van der Waals surface area (Å²) in [5.41, 5.74) is 13.6. The smallest absolute Gasteiger partial charge is 0.338 e. The van der Waals surface area contributed by atoms with Crippen LogP contribution in [0.15, 0.2) is 28.9 Å². The van der Waals surface area contributed by atoms with E-state index in [-0.39, 0.29) is 18.0 Å². The van der Waals surface area contributed by atoms with Crippen molar-refractivity contribution < 1.29 is 45.0 Å². The van der Waals surface area contributed by atoms with Gasteiger partial charge in [0.15, 0.2) is 17.8 Å². The van der Waals surface area contributed by atoms with Crippen LogP contribution in [0.3, 0.4) is 0 Å². The van der Waals surface area contributed by atoms with Crippen LogP contribution in [-0.2, 0) is 14.3 Å². The summed E-state index contributed by atoms with van der Waals surface area (Å²) in [5, 5.41) is 72.2. The van der Waals surface area contributed by atoms with Gasteiger partial charge in [0.05, 0.1) is 25.4 Å². The second-order valence-electron chi connectivity index (χ2n) is 8.16. The van der Waals surface area contributed by atoms with Gasteiger partial charge in [-0.1, -0.05) is 6.08 Å². The minimum Gasteiger partial charge on any atom is -0.479 e. The van der Waals surface area contributed by atoms with Gasteiger partial charge in [-0.3, -0.25) is 10.2 Å². The molecule has 0 aliphatic carbocycles. The number of aliphatic imine (C=N–C) groups is 1. The molecule has 0 aromatic heterocycles. The third kappa shape index (κ3) is 6.66. The third-order valence-corrected chi connectivity index (χ3v) is 5.47. The Bertz CT molecular complexity index is 929. The monoisotopic (exact) mass is 516 g/mol. The van der Waals surface area contributed by atoms with Gasteiger partial charge in [-0.15, -0.1) is 0 Å². The van der Waals surface area contributed by atoms with Crippen LogP contribution < -0.4 is 27.8 Å². The molecular weight excluding hydrogens is 484 g/mol. The zero-order valence-electron chi connectivity index (χ0n) is 19.1. The van der Waals surface area contributed by atoms with E-state index in [1.807, 2.05) is 0 Å². The summed E-state index contributed by atoms with van der Waals surface area (Å²) in [7, 11) is 0. The van der Waals surface area contributed by atoms with Crippen molar-refractivity contribution in [1.82, 2.24) is 15.5 Å². The lowest BCUT2D eigenvalue weighted by Gasteiger charge is -2.44. The Morgan fingerprint density at radius 3 is 2.56 bits per heavy atom. The molecule has 36 heavy (non-hydrogen) atoms. The van der Waals surface area contributed by atoms with Gasteiger partial charge < -0.3 is 68.1 Å². The van der Waals surface area contributed by atoms with Gasteiger partial charge in [-0.2, -0.15) is 0 Å². The molecule has 2 aliphatic rings. The van der Waals surface area contributed by atoms with Crippen LogP contribution in [0.25, 0.3) is 0 Å². The first-order chi connectivity index (χ1) is 16.8. The number of carbonyl (C=O) groups is 2. The number of guanidine groups is 1. The summed E-state index contributed by atoms with van der Waals surface area (Å²) in [6.07, 6.45) is -3.22. The van der Waals surface area contributed by atoms with Gasteiger partial charge in [-0.25, -0.2) is 9.79 Å². The van der Waals surface area contributed by atoms with Crippen LogP contribution in [0.1, 0.15) is 6.42 Å².